The van der Waals surface area contributed by atoms with Gasteiger partial charge >= 0.3 is 0 Å². The van der Waals surface area contributed by atoms with Crippen LogP contribution in [0.25, 0.3) is 0 Å². The summed E-state index contributed by atoms with van der Waals surface area (Å²) in [5, 5.41) is 7.00. The van der Waals surface area contributed by atoms with Crippen molar-refractivity contribution in [2.45, 2.75) is 4.90 Å². The lowest BCUT2D eigenvalue weighted by Gasteiger charge is -2.05. The van der Waals surface area contributed by atoms with Gasteiger partial charge in [-0.05, 0) is 42.5 Å². The highest BCUT2D eigenvalue weighted by atomic mass is 32.1. The molecule has 3 nitrogen and oxygen atoms in total. The van der Waals surface area contributed by atoms with Crippen LogP contribution in [0.3, 0.4) is 0 Å². The van der Waals surface area contributed by atoms with Gasteiger partial charge in [0.1, 0.15) is 11.6 Å². The predicted octanol–water partition coefficient (Wildman–Crippen LogP) is 2.96. The minimum Gasteiger partial charge on any atom is -0.497 e. The van der Waals surface area contributed by atoms with Gasteiger partial charge in [-0.25, -0.2) is 4.39 Å². The van der Waals surface area contributed by atoms with Crippen molar-refractivity contribution >= 4 is 18.4 Å². The van der Waals surface area contributed by atoms with Crippen molar-refractivity contribution in [1.29, 1.82) is 0 Å². The number of methoxy groups -OCH3 is 1. The van der Waals surface area contributed by atoms with E-state index in [0.717, 1.165) is 7.11 Å². The second-order valence-corrected chi connectivity index (χ2v) is 4.20. The van der Waals surface area contributed by atoms with E-state index in [1.54, 1.807) is 31.4 Å². The molecule has 2 aromatic rings. The van der Waals surface area contributed by atoms with Gasteiger partial charge in [0, 0.05) is 23.1 Å². The molecular formula is C15H15FO3S. The molecule has 0 spiro atoms. The van der Waals surface area contributed by atoms with Crippen molar-refractivity contribution in [2.75, 3.05) is 14.2 Å². The Labute approximate surface area is 122 Å². The number of aliphatic hydroxyl groups is 1. The van der Waals surface area contributed by atoms with Gasteiger partial charge in [-0.1, -0.05) is 0 Å². The van der Waals surface area contributed by atoms with E-state index < -0.39 is 5.82 Å². The second-order valence-electron chi connectivity index (χ2n) is 3.72. The number of ketones is 1. The molecule has 2 rings (SSSR count). The van der Waals surface area contributed by atoms with Gasteiger partial charge in [-0.15, -0.1) is 12.6 Å². The van der Waals surface area contributed by atoms with Crippen LogP contribution in [0.4, 0.5) is 4.39 Å². The van der Waals surface area contributed by atoms with Gasteiger partial charge in [0.05, 0.1) is 7.11 Å². The van der Waals surface area contributed by atoms with Crippen LogP contribution >= 0.6 is 12.6 Å². The molecule has 20 heavy (non-hydrogen) atoms. The van der Waals surface area contributed by atoms with E-state index >= 15 is 0 Å². The molecule has 0 aromatic heterocycles. The monoisotopic (exact) mass is 294 g/mol. The Morgan fingerprint density at radius 2 is 1.75 bits per heavy atom. The van der Waals surface area contributed by atoms with Gasteiger partial charge < -0.3 is 9.84 Å². The number of carbonyl (C=O) groups is 1. The molecule has 106 valence electrons. The number of rotatable bonds is 3. The fourth-order valence-corrected chi connectivity index (χ4v) is 1.83. The summed E-state index contributed by atoms with van der Waals surface area (Å²) in [5.74, 6) is -0.0521. The normalized spacial score (nSPS) is 9.45. The lowest BCUT2D eigenvalue weighted by molar-refractivity contribution is 0.103. The van der Waals surface area contributed by atoms with Gasteiger partial charge in [0.25, 0.3) is 0 Å². The fraction of sp³-hybridized carbons (Fsp3) is 0.133. The van der Waals surface area contributed by atoms with Gasteiger partial charge in [-0.3, -0.25) is 4.79 Å². The van der Waals surface area contributed by atoms with Crippen LogP contribution in [-0.4, -0.2) is 25.1 Å². The average Bonchev–Trinajstić information content (AvgIpc) is 2.51. The fourth-order valence-electron chi connectivity index (χ4n) is 1.59. The topological polar surface area (TPSA) is 46.5 Å². The van der Waals surface area contributed by atoms with Gasteiger partial charge in [0.2, 0.25) is 0 Å². The molecule has 0 aliphatic heterocycles. The van der Waals surface area contributed by atoms with Gasteiger partial charge in [-0.2, -0.15) is 0 Å². The molecule has 0 atom stereocenters. The van der Waals surface area contributed by atoms with E-state index in [0.29, 0.717) is 16.2 Å². The number of halogens is 1. The molecule has 1 N–H and O–H groups in total. The zero-order chi connectivity index (χ0) is 15.1. The Morgan fingerprint density at radius 3 is 2.30 bits per heavy atom. The van der Waals surface area contributed by atoms with Crippen LogP contribution in [0.5, 0.6) is 5.75 Å². The zero-order valence-corrected chi connectivity index (χ0v) is 12.0. The third kappa shape index (κ3) is 3.82. The van der Waals surface area contributed by atoms with Crippen LogP contribution in [0, 0.1) is 5.82 Å². The molecule has 0 radical (unpaired) electrons. The van der Waals surface area contributed by atoms with Crippen LogP contribution in [0.15, 0.2) is 47.4 Å². The summed E-state index contributed by atoms with van der Waals surface area (Å²) < 4.78 is 18.1. The number of hydrogen-bond donors (Lipinski definition) is 2. The smallest absolute Gasteiger partial charge is 0.194 e. The van der Waals surface area contributed by atoms with E-state index in [9.17, 15) is 9.18 Å². The number of thiol groups is 1. The van der Waals surface area contributed by atoms with Crippen LogP contribution in [0.1, 0.15) is 15.9 Å². The summed E-state index contributed by atoms with van der Waals surface area (Å²) in [6.07, 6.45) is 0. The molecule has 5 heteroatoms. The molecule has 0 saturated heterocycles. The quantitative estimate of drug-likeness (QED) is 0.676. The first-order valence-electron chi connectivity index (χ1n) is 5.74. The van der Waals surface area contributed by atoms with Crippen LogP contribution < -0.4 is 4.74 Å². The highest BCUT2D eigenvalue weighted by Crippen LogP contribution is 2.20. The second kappa shape index (κ2) is 7.67. The third-order valence-corrected chi connectivity index (χ3v) is 2.95. The first-order chi connectivity index (χ1) is 9.61. The molecule has 0 unspecified atom stereocenters. The maximum atomic E-state index is 13.1. The third-order valence-electron chi connectivity index (χ3n) is 2.56. The van der Waals surface area contributed by atoms with Crippen LogP contribution in [-0.2, 0) is 0 Å². The summed E-state index contributed by atoms with van der Waals surface area (Å²) in [4.78, 5) is 12.6. The highest BCUT2D eigenvalue weighted by molar-refractivity contribution is 7.80. The Bertz CT molecular complexity index is 582. The minimum atomic E-state index is -0.454. The van der Waals surface area contributed by atoms with E-state index in [1.165, 1.54) is 18.2 Å². The molecule has 0 amide bonds. The molecule has 0 aliphatic rings. The molecular weight excluding hydrogens is 279 g/mol. The van der Waals surface area contributed by atoms with Crippen molar-refractivity contribution in [3.8, 4) is 5.75 Å². The molecule has 0 saturated carbocycles. The van der Waals surface area contributed by atoms with Crippen molar-refractivity contribution in [3.05, 3.63) is 59.4 Å². The summed E-state index contributed by atoms with van der Waals surface area (Å²) >= 11 is 4.16. The van der Waals surface area contributed by atoms with Crippen molar-refractivity contribution in [2.24, 2.45) is 0 Å². The Morgan fingerprint density at radius 1 is 1.15 bits per heavy atom. The summed E-state index contributed by atoms with van der Waals surface area (Å²) in [6, 6.07) is 10.6. The average molecular weight is 294 g/mol. The Kier molecular flexibility index (Phi) is 6.21. The van der Waals surface area contributed by atoms with Gasteiger partial charge in [0.15, 0.2) is 5.78 Å². The lowest BCUT2D eigenvalue weighted by atomic mass is 10.0. The summed E-state index contributed by atoms with van der Waals surface area (Å²) in [5.41, 5.74) is 0.722. The molecule has 2 aromatic carbocycles. The van der Waals surface area contributed by atoms with Crippen molar-refractivity contribution < 1.29 is 19.0 Å². The maximum Gasteiger partial charge on any atom is 0.194 e. The van der Waals surface area contributed by atoms with E-state index in [4.69, 9.17) is 9.84 Å². The molecule has 0 heterocycles. The SMILES string of the molecule is CO.COc1ccc(C(=O)c2cc(F)ccc2S)cc1. The van der Waals surface area contributed by atoms with Crippen molar-refractivity contribution in [3.63, 3.8) is 0 Å². The van der Waals surface area contributed by atoms with E-state index in [2.05, 4.69) is 12.6 Å². The predicted molar refractivity (Wildman–Crippen MR) is 78.2 cm³/mol. The lowest BCUT2D eigenvalue weighted by Crippen LogP contribution is -2.03. The first kappa shape index (κ1) is 16.2. The van der Waals surface area contributed by atoms with Crippen molar-refractivity contribution in [1.82, 2.24) is 0 Å². The van der Waals surface area contributed by atoms with Crippen LogP contribution in [0.2, 0.25) is 0 Å². The number of ether oxygens (including phenoxy) is 1. The Balaban J connectivity index is 0.000000956. The van der Waals surface area contributed by atoms with E-state index in [-0.39, 0.29) is 11.3 Å². The first-order valence-corrected chi connectivity index (χ1v) is 6.18. The standard InChI is InChI=1S/C14H11FO2S.CH4O/c1-17-11-5-2-9(3-6-11)14(16)12-8-10(15)4-7-13(12)18;1-2/h2-8,18H,1H3;2H,1H3. The number of carbonyl (C=O) groups excluding carboxylic acids is 1. The summed E-state index contributed by atoms with van der Waals surface area (Å²) in [7, 11) is 2.55. The number of benzene rings is 2. The highest BCUT2D eigenvalue weighted by Gasteiger charge is 2.13. The molecule has 0 bridgehead atoms. The zero-order valence-electron chi connectivity index (χ0n) is 11.1. The Hall–Kier alpha value is -1.85. The largest absolute Gasteiger partial charge is 0.497 e. The maximum absolute atomic E-state index is 13.1. The molecule has 0 fully saturated rings. The summed E-state index contributed by atoms with van der Waals surface area (Å²) in [6.45, 7) is 0. The molecule has 0 aliphatic carbocycles. The number of hydrogen-bond acceptors (Lipinski definition) is 4. The minimum absolute atomic E-state index is 0.253. The van der Waals surface area contributed by atoms with E-state index in [1.807, 2.05) is 0 Å². The number of aliphatic hydroxyl groups excluding tert-OH is 1.